The van der Waals surface area contributed by atoms with Crippen molar-refractivity contribution in [3.8, 4) is 5.75 Å². The molecule has 0 bridgehead atoms. The van der Waals surface area contributed by atoms with Gasteiger partial charge in [0.05, 0.1) is 6.61 Å². The maximum atomic E-state index is 13.2. The topological polar surface area (TPSA) is 49.7 Å². The third kappa shape index (κ3) is 3.53. The van der Waals surface area contributed by atoms with Crippen LogP contribution < -0.4 is 10.2 Å². The monoisotopic (exact) mass is 212 g/mol. The molecule has 0 aliphatic carbocycles. The van der Waals surface area contributed by atoms with Crippen molar-refractivity contribution >= 4 is 12.6 Å². The van der Waals surface area contributed by atoms with Crippen molar-refractivity contribution in [2.24, 2.45) is 0 Å². The van der Waals surface area contributed by atoms with Crippen molar-refractivity contribution in [3.63, 3.8) is 0 Å². The van der Waals surface area contributed by atoms with Crippen molar-refractivity contribution in [1.82, 2.24) is 0 Å². The van der Waals surface area contributed by atoms with E-state index in [4.69, 9.17) is 14.8 Å². The Balaban J connectivity index is 2.65. The molecule has 0 saturated heterocycles. The Morgan fingerprint density at radius 3 is 2.67 bits per heavy atom. The molecule has 0 aliphatic rings. The molecular weight excluding hydrogens is 198 g/mol. The van der Waals surface area contributed by atoms with Crippen LogP contribution in [-0.2, 0) is 0 Å². The first-order valence-electron chi connectivity index (χ1n) is 4.93. The van der Waals surface area contributed by atoms with E-state index in [1.165, 1.54) is 12.1 Å². The third-order valence-electron chi connectivity index (χ3n) is 2.02. The molecule has 0 aromatic heterocycles. The predicted molar refractivity (Wildman–Crippen MR) is 56.6 cm³/mol. The lowest BCUT2D eigenvalue weighted by atomic mass is 9.80. The highest BCUT2D eigenvalue weighted by atomic mass is 19.1. The van der Waals surface area contributed by atoms with Gasteiger partial charge in [0.2, 0.25) is 0 Å². The van der Waals surface area contributed by atoms with Gasteiger partial charge in [-0.1, -0.05) is 19.4 Å². The van der Waals surface area contributed by atoms with E-state index in [0.717, 1.165) is 18.9 Å². The van der Waals surface area contributed by atoms with Crippen LogP contribution in [0, 0.1) is 5.82 Å². The lowest BCUT2D eigenvalue weighted by molar-refractivity contribution is 0.308. The van der Waals surface area contributed by atoms with Crippen LogP contribution in [0.4, 0.5) is 4.39 Å². The normalized spacial score (nSPS) is 10.1. The van der Waals surface area contributed by atoms with Crippen LogP contribution in [0.15, 0.2) is 18.2 Å². The van der Waals surface area contributed by atoms with E-state index >= 15 is 0 Å². The second-order valence-corrected chi connectivity index (χ2v) is 3.26. The van der Waals surface area contributed by atoms with Gasteiger partial charge in [0.15, 0.2) is 0 Å². The van der Waals surface area contributed by atoms with Crippen LogP contribution in [0.5, 0.6) is 5.75 Å². The molecule has 1 aromatic rings. The zero-order chi connectivity index (χ0) is 11.3. The number of halogens is 1. The molecule has 0 fully saturated rings. The molecule has 0 atom stereocenters. The SMILES string of the molecule is CCCCOc1ccc(B(O)O)c(F)c1. The molecule has 0 radical (unpaired) electrons. The molecule has 0 saturated carbocycles. The van der Waals surface area contributed by atoms with Gasteiger partial charge in [-0.2, -0.15) is 0 Å². The van der Waals surface area contributed by atoms with Gasteiger partial charge in [0.25, 0.3) is 0 Å². The zero-order valence-electron chi connectivity index (χ0n) is 8.61. The fraction of sp³-hybridized carbons (Fsp3) is 0.400. The molecule has 0 spiro atoms. The molecule has 0 amide bonds. The minimum atomic E-state index is -1.78. The minimum absolute atomic E-state index is 0.141. The smallest absolute Gasteiger partial charge is 0.491 e. The van der Waals surface area contributed by atoms with Crippen molar-refractivity contribution in [2.45, 2.75) is 19.8 Å². The summed E-state index contributed by atoms with van der Waals surface area (Å²) in [6.45, 7) is 2.58. The second kappa shape index (κ2) is 5.73. The molecule has 82 valence electrons. The standard InChI is InChI=1S/C10H14BFO3/c1-2-3-6-15-8-4-5-9(11(13)14)10(12)7-8/h4-5,7,13-14H,2-3,6H2,1H3. The number of hydrogen-bond donors (Lipinski definition) is 2. The summed E-state index contributed by atoms with van der Waals surface area (Å²) in [5, 5.41) is 17.6. The van der Waals surface area contributed by atoms with Gasteiger partial charge < -0.3 is 14.8 Å². The van der Waals surface area contributed by atoms with E-state index in [1.807, 2.05) is 6.92 Å². The average Bonchev–Trinajstić information content (AvgIpc) is 2.17. The van der Waals surface area contributed by atoms with Gasteiger partial charge in [0.1, 0.15) is 11.6 Å². The van der Waals surface area contributed by atoms with Gasteiger partial charge in [-0.05, 0) is 12.5 Å². The fourth-order valence-corrected chi connectivity index (χ4v) is 1.14. The summed E-state index contributed by atoms with van der Waals surface area (Å²) in [5.41, 5.74) is -0.141. The number of benzene rings is 1. The van der Waals surface area contributed by atoms with Crippen LogP contribution >= 0.6 is 0 Å². The molecule has 0 unspecified atom stereocenters. The summed E-state index contributed by atoms with van der Waals surface area (Å²) in [4.78, 5) is 0. The first-order chi connectivity index (χ1) is 7.15. The van der Waals surface area contributed by atoms with E-state index in [-0.39, 0.29) is 5.46 Å². The second-order valence-electron chi connectivity index (χ2n) is 3.26. The quantitative estimate of drug-likeness (QED) is 0.557. The van der Waals surface area contributed by atoms with Gasteiger partial charge >= 0.3 is 7.12 Å². The Morgan fingerprint density at radius 2 is 2.13 bits per heavy atom. The largest absolute Gasteiger partial charge is 0.493 e. The van der Waals surface area contributed by atoms with Crippen LogP contribution in [0.3, 0.4) is 0 Å². The molecule has 0 aliphatic heterocycles. The summed E-state index contributed by atoms with van der Waals surface area (Å²) >= 11 is 0. The van der Waals surface area contributed by atoms with Crippen molar-refractivity contribution < 1.29 is 19.2 Å². The van der Waals surface area contributed by atoms with Gasteiger partial charge in [-0.25, -0.2) is 4.39 Å². The lowest BCUT2D eigenvalue weighted by Gasteiger charge is -2.07. The lowest BCUT2D eigenvalue weighted by Crippen LogP contribution is -2.32. The van der Waals surface area contributed by atoms with Crippen molar-refractivity contribution in [2.75, 3.05) is 6.61 Å². The summed E-state index contributed by atoms with van der Waals surface area (Å²) in [5.74, 6) is -0.260. The maximum absolute atomic E-state index is 13.2. The first kappa shape index (κ1) is 12.0. The molecular formula is C10H14BFO3. The Morgan fingerprint density at radius 1 is 1.40 bits per heavy atom. The number of hydrogen-bond acceptors (Lipinski definition) is 3. The third-order valence-corrected chi connectivity index (χ3v) is 2.02. The molecule has 1 rings (SSSR count). The number of ether oxygens (including phenoxy) is 1. The Kier molecular flexibility index (Phi) is 4.58. The minimum Gasteiger partial charge on any atom is -0.493 e. The summed E-state index contributed by atoms with van der Waals surface area (Å²) in [6, 6.07) is 3.99. The Bertz CT molecular complexity index is 318. The van der Waals surface area contributed by atoms with E-state index in [0.29, 0.717) is 12.4 Å². The molecule has 3 nitrogen and oxygen atoms in total. The van der Waals surface area contributed by atoms with Crippen molar-refractivity contribution in [3.05, 3.63) is 24.0 Å². The molecule has 0 heterocycles. The van der Waals surface area contributed by atoms with Crippen LogP contribution in [0.1, 0.15) is 19.8 Å². The predicted octanol–water partition coefficient (Wildman–Crippen LogP) is 0.684. The van der Waals surface area contributed by atoms with Crippen LogP contribution in [0.25, 0.3) is 0 Å². The van der Waals surface area contributed by atoms with Crippen LogP contribution in [-0.4, -0.2) is 23.8 Å². The van der Waals surface area contributed by atoms with E-state index in [9.17, 15) is 4.39 Å². The summed E-state index contributed by atoms with van der Waals surface area (Å²) < 4.78 is 18.5. The van der Waals surface area contributed by atoms with Gasteiger partial charge in [-0.15, -0.1) is 0 Å². The molecule has 1 aromatic carbocycles. The van der Waals surface area contributed by atoms with E-state index in [2.05, 4.69) is 0 Å². The maximum Gasteiger partial charge on any atom is 0.491 e. The molecule has 5 heteroatoms. The van der Waals surface area contributed by atoms with Crippen molar-refractivity contribution in [1.29, 1.82) is 0 Å². The Hall–Kier alpha value is -1.07. The highest BCUT2D eigenvalue weighted by molar-refractivity contribution is 6.58. The Labute approximate surface area is 88.7 Å². The first-order valence-corrected chi connectivity index (χ1v) is 4.93. The van der Waals surface area contributed by atoms with Crippen LogP contribution in [0.2, 0.25) is 0 Å². The summed E-state index contributed by atoms with van der Waals surface area (Å²) in [6.07, 6.45) is 1.92. The van der Waals surface area contributed by atoms with Gasteiger partial charge in [-0.3, -0.25) is 0 Å². The number of unbranched alkanes of at least 4 members (excludes halogenated alkanes) is 1. The number of rotatable bonds is 5. The highest BCUT2D eigenvalue weighted by Gasteiger charge is 2.16. The van der Waals surface area contributed by atoms with E-state index < -0.39 is 12.9 Å². The van der Waals surface area contributed by atoms with Gasteiger partial charge in [0, 0.05) is 11.5 Å². The van der Waals surface area contributed by atoms with E-state index in [1.54, 1.807) is 0 Å². The average molecular weight is 212 g/mol. The fourth-order valence-electron chi connectivity index (χ4n) is 1.14. The highest BCUT2D eigenvalue weighted by Crippen LogP contribution is 2.11. The summed E-state index contributed by atoms with van der Waals surface area (Å²) in [7, 11) is -1.78. The molecule has 2 N–H and O–H groups in total. The zero-order valence-corrected chi connectivity index (χ0v) is 8.61. The molecule has 15 heavy (non-hydrogen) atoms.